The van der Waals surface area contributed by atoms with Crippen molar-refractivity contribution >= 4 is 5.69 Å². The third kappa shape index (κ3) is 19.0. The standard InChI is InChI=1S/C23H39NO11/c1-27-6-7-28-8-9-29-10-11-30-12-13-31-14-15-32-16-17-33-18-19-34-20-21-35-23-5-3-2-4-22(23)24(25)26/h2-5H,6-21H2,1H3. The van der Waals surface area contributed by atoms with Crippen molar-refractivity contribution in [3.8, 4) is 5.75 Å². The van der Waals surface area contributed by atoms with E-state index in [2.05, 4.69) is 0 Å². The van der Waals surface area contributed by atoms with Gasteiger partial charge in [0.2, 0.25) is 0 Å². The Morgan fingerprint density at radius 1 is 0.571 bits per heavy atom. The summed E-state index contributed by atoms with van der Waals surface area (Å²) < 4.78 is 47.9. The Labute approximate surface area is 206 Å². The summed E-state index contributed by atoms with van der Waals surface area (Å²) >= 11 is 0. The van der Waals surface area contributed by atoms with Gasteiger partial charge in [0.1, 0.15) is 6.61 Å². The van der Waals surface area contributed by atoms with Crippen LogP contribution in [-0.4, -0.2) is 118 Å². The van der Waals surface area contributed by atoms with Crippen molar-refractivity contribution in [2.75, 3.05) is 113 Å². The molecule has 0 aromatic heterocycles. The zero-order valence-electron chi connectivity index (χ0n) is 20.6. The molecule has 0 spiro atoms. The van der Waals surface area contributed by atoms with Gasteiger partial charge in [-0.05, 0) is 6.07 Å². The van der Waals surface area contributed by atoms with Gasteiger partial charge in [-0.1, -0.05) is 12.1 Å². The zero-order chi connectivity index (χ0) is 25.2. The van der Waals surface area contributed by atoms with Crippen molar-refractivity contribution < 1.29 is 47.6 Å². The van der Waals surface area contributed by atoms with E-state index < -0.39 is 4.92 Å². The van der Waals surface area contributed by atoms with Gasteiger partial charge in [0.25, 0.3) is 0 Å². The van der Waals surface area contributed by atoms with Crippen molar-refractivity contribution in [2.45, 2.75) is 0 Å². The average Bonchev–Trinajstić information content (AvgIpc) is 2.86. The van der Waals surface area contributed by atoms with Crippen LogP contribution in [0.15, 0.2) is 24.3 Å². The Bertz CT molecular complexity index is 621. The Kier molecular flexibility index (Phi) is 21.2. The topological polar surface area (TPSA) is 126 Å². The summed E-state index contributed by atoms with van der Waals surface area (Å²) in [6, 6.07) is 6.23. The molecule has 0 aliphatic carbocycles. The molecule has 0 aliphatic heterocycles. The van der Waals surface area contributed by atoms with E-state index in [1.807, 2.05) is 0 Å². The summed E-state index contributed by atoms with van der Waals surface area (Å²) in [6.45, 7) is 7.53. The highest BCUT2D eigenvalue weighted by Crippen LogP contribution is 2.25. The maximum absolute atomic E-state index is 10.9. The first-order valence-corrected chi connectivity index (χ1v) is 11.6. The zero-order valence-corrected chi connectivity index (χ0v) is 20.6. The molecule has 0 saturated carbocycles. The van der Waals surface area contributed by atoms with E-state index in [1.54, 1.807) is 25.3 Å². The number of benzene rings is 1. The second-order valence-electron chi connectivity index (χ2n) is 6.85. The molecular weight excluding hydrogens is 466 g/mol. The van der Waals surface area contributed by atoms with Gasteiger partial charge in [0, 0.05) is 13.2 Å². The van der Waals surface area contributed by atoms with Crippen LogP contribution in [-0.2, 0) is 37.9 Å². The van der Waals surface area contributed by atoms with Crippen LogP contribution in [0.3, 0.4) is 0 Å². The normalized spacial score (nSPS) is 11.1. The first-order valence-electron chi connectivity index (χ1n) is 11.6. The van der Waals surface area contributed by atoms with Crippen molar-refractivity contribution in [1.82, 2.24) is 0 Å². The predicted molar refractivity (Wildman–Crippen MR) is 126 cm³/mol. The van der Waals surface area contributed by atoms with Crippen LogP contribution in [0.1, 0.15) is 0 Å². The van der Waals surface area contributed by atoms with Gasteiger partial charge in [-0.15, -0.1) is 0 Å². The minimum absolute atomic E-state index is 0.0629. The molecule has 35 heavy (non-hydrogen) atoms. The summed E-state index contributed by atoms with van der Waals surface area (Å²) in [5, 5.41) is 10.9. The first-order chi connectivity index (χ1) is 17.3. The Morgan fingerprint density at radius 2 is 0.914 bits per heavy atom. The van der Waals surface area contributed by atoms with E-state index in [0.717, 1.165) is 0 Å². The van der Waals surface area contributed by atoms with Crippen LogP contribution in [0.2, 0.25) is 0 Å². The lowest BCUT2D eigenvalue weighted by Crippen LogP contribution is -2.15. The summed E-state index contributed by atoms with van der Waals surface area (Å²) in [6.07, 6.45) is 0. The molecule has 0 aliphatic rings. The van der Waals surface area contributed by atoms with E-state index in [-0.39, 0.29) is 18.0 Å². The lowest BCUT2D eigenvalue weighted by atomic mass is 10.3. The van der Waals surface area contributed by atoms with Crippen LogP contribution in [0.4, 0.5) is 5.69 Å². The summed E-state index contributed by atoms with van der Waals surface area (Å²) in [5.74, 6) is 0.229. The molecule has 0 heterocycles. The number of nitro benzene ring substituents is 1. The number of methoxy groups -OCH3 is 1. The number of nitro groups is 1. The molecule has 0 radical (unpaired) electrons. The molecule has 0 bridgehead atoms. The summed E-state index contributed by atoms with van der Waals surface area (Å²) in [7, 11) is 1.64. The second kappa shape index (κ2) is 23.8. The molecule has 0 unspecified atom stereocenters. The smallest absolute Gasteiger partial charge is 0.310 e. The lowest BCUT2D eigenvalue weighted by molar-refractivity contribution is -0.385. The van der Waals surface area contributed by atoms with Crippen molar-refractivity contribution in [2.24, 2.45) is 0 Å². The number of para-hydroxylation sites is 2. The number of hydrogen-bond acceptors (Lipinski definition) is 11. The third-order valence-electron chi connectivity index (χ3n) is 4.21. The predicted octanol–water partition coefficient (Wildman–Crippen LogP) is 1.74. The Hall–Kier alpha value is -1.90. The molecule has 0 fully saturated rings. The molecular formula is C23H39NO11. The van der Waals surface area contributed by atoms with Gasteiger partial charge >= 0.3 is 5.69 Å². The van der Waals surface area contributed by atoms with Crippen molar-refractivity contribution in [1.29, 1.82) is 0 Å². The molecule has 0 N–H and O–H groups in total. The fourth-order valence-corrected chi connectivity index (χ4v) is 2.50. The highest BCUT2D eigenvalue weighted by Gasteiger charge is 2.13. The highest BCUT2D eigenvalue weighted by molar-refractivity contribution is 5.45. The maximum atomic E-state index is 10.9. The second-order valence-corrected chi connectivity index (χ2v) is 6.85. The van der Waals surface area contributed by atoms with Crippen LogP contribution in [0.25, 0.3) is 0 Å². The van der Waals surface area contributed by atoms with Crippen LogP contribution >= 0.6 is 0 Å². The molecule has 12 heteroatoms. The minimum Gasteiger partial charge on any atom is -0.484 e. The van der Waals surface area contributed by atoms with Gasteiger partial charge in [-0.3, -0.25) is 10.1 Å². The van der Waals surface area contributed by atoms with Crippen LogP contribution < -0.4 is 4.74 Å². The molecule has 12 nitrogen and oxygen atoms in total. The van der Waals surface area contributed by atoms with E-state index in [0.29, 0.717) is 99.1 Å². The minimum atomic E-state index is -0.476. The number of rotatable bonds is 26. The molecule has 1 rings (SSSR count). The lowest BCUT2D eigenvalue weighted by Gasteiger charge is -2.09. The molecule has 1 aromatic rings. The van der Waals surface area contributed by atoms with Gasteiger partial charge < -0.3 is 42.6 Å². The summed E-state index contributed by atoms with van der Waals surface area (Å²) in [4.78, 5) is 10.4. The molecule has 0 saturated heterocycles. The Morgan fingerprint density at radius 3 is 1.29 bits per heavy atom. The monoisotopic (exact) mass is 505 g/mol. The number of nitrogens with zero attached hydrogens (tertiary/aromatic N) is 1. The summed E-state index contributed by atoms with van der Waals surface area (Å²) in [5.41, 5.74) is -0.0629. The molecule has 0 amide bonds. The maximum Gasteiger partial charge on any atom is 0.310 e. The molecule has 0 atom stereocenters. The quantitative estimate of drug-likeness (QED) is 0.104. The SMILES string of the molecule is COCCOCCOCCOCCOCCOCCOCCOCCOc1ccccc1[N+](=O)[O-]. The fraction of sp³-hybridized carbons (Fsp3) is 0.739. The van der Waals surface area contributed by atoms with Gasteiger partial charge in [-0.2, -0.15) is 0 Å². The van der Waals surface area contributed by atoms with E-state index in [9.17, 15) is 10.1 Å². The average molecular weight is 506 g/mol. The van der Waals surface area contributed by atoms with E-state index in [1.165, 1.54) is 6.07 Å². The Balaban J connectivity index is 1.73. The molecule has 202 valence electrons. The molecule has 1 aromatic carbocycles. The number of ether oxygens (including phenoxy) is 9. The largest absolute Gasteiger partial charge is 0.484 e. The first kappa shape index (κ1) is 31.1. The van der Waals surface area contributed by atoms with E-state index >= 15 is 0 Å². The van der Waals surface area contributed by atoms with E-state index in [4.69, 9.17) is 42.6 Å². The number of hydrogen-bond donors (Lipinski definition) is 0. The van der Waals surface area contributed by atoms with Gasteiger partial charge in [-0.25, -0.2) is 0 Å². The fourth-order valence-electron chi connectivity index (χ4n) is 2.50. The van der Waals surface area contributed by atoms with Crippen molar-refractivity contribution in [3.05, 3.63) is 34.4 Å². The van der Waals surface area contributed by atoms with Crippen molar-refractivity contribution in [3.63, 3.8) is 0 Å². The van der Waals surface area contributed by atoms with Gasteiger partial charge in [0.05, 0.1) is 104 Å². The highest BCUT2D eigenvalue weighted by atomic mass is 16.6. The third-order valence-corrected chi connectivity index (χ3v) is 4.21. The van der Waals surface area contributed by atoms with Crippen LogP contribution in [0.5, 0.6) is 5.75 Å². The van der Waals surface area contributed by atoms with Crippen LogP contribution in [0, 0.1) is 10.1 Å². The van der Waals surface area contributed by atoms with Gasteiger partial charge in [0.15, 0.2) is 5.75 Å².